The van der Waals surface area contributed by atoms with Crippen molar-refractivity contribution < 1.29 is 18.7 Å². The Labute approximate surface area is 154 Å². The van der Waals surface area contributed by atoms with Crippen molar-refractivity contribution in [2.24, 2.45) is 0 Å². The summed E-state index contributed by atoms with van der Waals surface area (Å²) in [5.41, 5.74) is 5.70. The third kappa shape index (κ3) is 6.11. The molecule has 6 nitrogen and oxygen atoms in total. The highest BCUT2D eigenvalue weighted by Gasteiger charge is 2.08. The number of amides is 2. The van der Waals surface area contributed by atoms with Gasteiger partial charge in [0.15, 0.2) is 6.61 Å². The van der Waals surface area contributed by atoms with Gasteiger partial charge in [-0.25, -0.2) is 0 Å². The van der Waals surface area contributed by atoms with Gasteiger partial charge in [0, 0.05) is 6.08 Å². The molecule has 2 amide bonds. The van der Waals surface area contributed by atoms with E-state index in [2.05, 4.69) is 40.6 Å². The first-order valence-corrected chi connectivity index (χ1v) is 8.47. The number of hydrogen-bond donors (Lipinski definition) is 2. The predicted octanol–water partition coefficient (Wildman–Crippen LogP) is 3.41. The number of hydrazine groups is 1. The summed E-state index contributed by atoms with van der Waals surface area (Å²) in [6.45, 7) is 3.97. The number of hydrogen-bond acceptors (Lipinski definition) is 4. The van der Waals surface area contributed by atoms with Crippen LogP contribution in [0.3, 0.4) is 0 Å². The summed E-state index contributed by atoms with van der Waals surface area (Å²) in [5, 5.41) is 0. The molecule has 2 aromatic rings. The average molecular weight is 407 g/mol. The SMILES string of the molecule is CC(C)c1ccc(OCC(=O)NNC(=O)/C=C/c2ccco2)c(Br)c1. The van der Waals surface area contributed by atoms with E-state index in [0.717, 1.165) is 4.47 Å². The molecule has 0 atom stereocenters. The largest absolute Gasteiger partial charge is 0.483 e. The van der Waals surface area contributed by atoms with E-state index in [0.29, 0.717) is 17.4 Å². The molecule has 0 aliphatic carbocycles. The van der Waals surface area contributed by atoms with E-state index >= 15 is 0 Å². The minimum absolute atomic E-state index is 0.220. The quantitative estimate of drug-likeness (QED) is 0.568. The molecular formula is C18H19BrN2O4. The lowest BCUT2D eigenvalue weighted by Crippen LogP contribution is -2.43. The summed E-state index contributed by atoms with van der Waals surface area (Å²) >= 11 is 3.42. The van der Waals surface area contributed by atoms with Gasteiger partial charge in [0.1, 0.15) is 11.5 Å². The van der Waals surface area contributed by atoms with Crippen LogP contribution in [0.25, 0.3) is 6.08 Å². The molecule has 0 aliphatic rings. The number of halogens is 1. The van der Waals surface area contributed by atoms with Gasteiger partial charge in [-0.2, -0.15) is 0 Å². The molecule has 0 saturated carbocycles. The first kappa shape index (κ1) is 18.8. The lowest BCUT2D eigenvalue weighted by Gasteiger charge is -2.11. The van der Waals surface area contributed by atoms with Crippen LogP contribution in [-0.4, -0.2) is 18.4 Å². The van der Waals surface area contributed by atoms with E-state index in [9.17, 15) is 9.59 Å². The molecule has 0 saturated heterocycles. The molecule has 0 aliphatic heterocycles. The first-order chi connectivity index (χ1) is 12.0. The van der Waals surface area contributed by atoms with Gasteiger partial charge in [0.2, 0.25) is 0 Å². The van der Waals surface area contributed by atoms with Gasteiger partial charge in [-0.1, -0.05) is 19.9 Å². The molecule has 132 valence electrons. The molecule has 7 heteroatoms. The fourth-order valence-electron chi connectivity index (χ4n) is 1.89. The Kier molecular flexibility index (Phi) is 6.82. The lowest BCUT2D eigenvalue weighted by molar-refractivity contribution is -0.128. The van der Waals surface area contributed by atoms with Crippen molar-refractivity contribution in [1.82, 2.24) is 10.9 Å². The van der Waals surface area contributed by atoms with Crippen LogP contribution in [0.1, 0.15) is 31.1 Å². The smallest absolute Gasteiger partial charge is 0.276 e. The zero-order valence-corrected chi connectivity index (χ0v) is 15.5. The number of nitrogens with one attached hydrogen (secondary N) is 2. The second-order valence-electron chi connectivity index (χ2n) is 5.52. The molecule has 0 unspecified atom stereocenters. The van der Waals surface area contributed by atoms with Crippen molar-refractivity contribution in [3.8, 4) is 5.75 Å². The molecule has 2 N–H and O–H groups in total. The van der Waals surface area contributed by atoms with Crippen LogP contribution in [0.4, 0.5) is 0 Å². The van der Waals surface area contributed by atoms with Crippen molar-refractivity contribution in [3.63, 3.8) is 0 Å². The Morgan fingerprint density at radius 1 is 1.28 bits per heavy atom. The minimum atomic E-state index is -0.479. The Hall–Kier alpha value is -2.54. The topological polar surface area (TPSA) is 80.6 Å². The second kappa shape index (κ2) is 9.08. The average Bonchev–Trinajstić information content (AvgIpc) is 3.10. The molecule has 2 rings (SSSR count). The number of rotatable bonds is 6. The Bertz CT molecular complexity index is 754. The van der Waals surface area contributed by atoms with Crippen molar-refractivity contribution in [2.75, 3.05) is 6.61 Å². The van der Waals surface area contributed by atoms with Crippen LogP contribution in [0.5, 0.6) is 5.75 Å². The Balaban J connectivity index is 1.76. The summed E-state index contributed by atoms with van der Waals surface area (Å²) in [6.07, 6.45) is 4.25. The minimum Gasteiger partial charge on any atom is -0.483 e. The van der Waals surface area contributed by atoms with Crippen LogP contribution >= 0.6 is 15.9 Å². The van der Waals surface area contributed by atoms with E-state index in [1.165, 1.54) is 24.0 Å². The molecule has 25 heavy (non-hydrogen) atoms. The van der Waals surface area contributed by atoms with Crippen LogP contribution in [-0.2, 0) is 9.59 Å². The van der Waals surface area contributed by atoms with Gasteiger partial charge in [-0.15, -0.1) is 0 Å². The molecule has 0 bridgehead atoms. The van der Waals surface area contributed by atoms with Crippen molar-refractivity contribution >= 4 is 33.8 Å². The second-order valence-corrected chi connectivity index (χ2v) is 6.37. The van der Waals surface area contributed by atoms with Crippen molar-refractivity contribution in [2.45, 2.75) is 19.8 Å². The maximum absolute atomic E-state index is 11.7. The summed E-state index contributed by atoms with van der Waals surface area (Å²) in [7, 11) is 0. The van der Waals surface area contributed by atoms with Gasteiger partial charge in [-0.05, 0) is 57.8 Å². The Morgan fingerprint density at radius 2 is 2.08 bits per heavy atom. The summed E-state index contributed by atoms with van der Waals surface area (Å²) in [6, 6.07) is 9.13. The first-order valence-electron chi connectivity index (χ1n) is 7.68. The number of carbonyl (C=O) groups excluding carboxylic acids is 2. The number of benzene rings is 1. The standard InChI is InChI=1S/C18H19BrN2O4/c1-12(2)13-5-7-16(15(19)10-13)25-11-18(23)21-20-17(22)8-6-14-4-3-9-24-14/h3-10,12H,11H2,1-2H3,(H,20,22)(H,21,23)/b8-6+. The number of furan rings is 1. The van der Waals surface area contributed by atoms with E-state index in [-0.39, 0.29) is 6.61 Å². The molecule has 0 fully saturated rings. The van der Waals surface area contributed by atoms with Crippen LogP contribution in [0.15, 0.2) is 51.6 Å². The fraction of sp³-hybridized carbons (Fsp3) is 0.222. The van der Waals surface area contributed by atoms with Gasteiger partial charge in [-0.3, -0.25) is 20.4 Å². The lowest BCUT2D eigenvalue weighted by atomic mass is 10.0. The maximum Gasteiger partial charge on any atom is 0.276 e. The highest BCUT2D eigenvalue weighted by molar-refractivity contribution is 9.10. The molecule has 1 aromatic heterocycles. The summed E-state index contributed by atoms with van der Waals surface area (Å²) < 4.78 is 11.3. The van der Waals surface area contributed by atoms with Crippen molar-refractivity contribution in [1.29, 1.82) is 0 Å². The zero-order chi connectivity index (χ0) is 18.2. The highest BCUT2D eigenvalue weighted by Crippen LogP contribution is 2.28. The van der Waals surface area contributed by atoms with Crippen molar-refractivity contribution in [3.05, 3.63) is 58.5 Å². The predicted molar refractivity (Wildman–Crippen MR) is 97.8 cm³/mol. The van der Waals surface area contributed by atoms with Crippen LogP contribution < -0.4 is 15.6 Å². The maximum atomic E-state index is 11.7. The fourth-order valence-corrected chi connectivity index (χ4v) is 2.40. The zero-order valence-electron chi connectivity index (χ0n) is 13.9. The summed E-state index contributed by atoms with van der Waals surface area (Å²) in [5.74, 6) is 0.549. The van der Waals surface area contributed by atoms with E-state index < -0.39 is 11.8 Å². The normalized spacial score (nSPS) is 10.9. The van der Waals surface area contributed by atoms with E-state index in [1.807, 2.05) is 12.1 Å². The van der Waals surface area contributed by atoms with Gasteiger partial charge < -0.3 is 9.15 Å². The monoisotopic (exact) mass is 406 g/mol. The van der Waals surface area contributed by atoms with Gasteiger partial charge >= 0.3 is 0 Å². The third-order valence-corrected chi connectivity index (χ3v) is 3.87. The summed E-state index contributed by atoms with van der Waals surface area (Å²) in [4.78, 5) is 23.3. The van der Waals surface area contributed by atoms with E-state index in [1.54, 1.807) is 18.2 Å². The molecule has 0 radical (unpaired) electrons. The van der Waals surface area contributed by atoms with Gasteiger partial charge in [0.25, 0.3) is 11.8 Å². The van der Waals surface area contributed by atoms with Gasteiger partial charge in [0.05, 0.1) is 10.7 Å². The van der Waals surface area contributed by atoms with Crippen LogP contribution in [0, 0.1) is 0 Å². The van der Waals surface area contributed by atoms with Crippen LogP contribution in [0.2, 0.25) is 0 Å². The molecule has 1 aromatic carbocycles. The third-order valence-electron chi connectivity index (χ3n) is 3.25. The number of carbonyl (C=O) groups is 2. The van der Waals surface area contributed by atoms with E-state index in [4.69, 9.17) is 9.15 Å². The molecular weight excluding hydrogens is 388 g/mol. The molecule has 0 spiro atoms. The number of ether oxygens (including phenoxy) is 1. The Morgan fingerprint density at radius 3 is 2.72 bits per heavy atom. The molecule has 1 heterocycles. The highest BCUT2D eigenvalue weighted by atomic mass is 79.9.